The molecule has 3 aromatic heterocycles. The summed E-state index contributed by atoms with van der Waals surface area (Å²) in [7, 11) is 0. The van der Waals surface area contributed by atoms with Gasteiger partial charge in [0.25, 0.3) is 0 Å². The van der Waals surface area contributed by atoms with Crippen LogP contribution in [0.25, 0.3) is 22.0 Å². The minimum atomic E-state index is -0.929. The van der Waals surface area contributed by atoms with Crippen LogP contribution in [0.1, 0.15) is 65.5 Å². The third-order valence-electron chi connectivity index (χ3n) is 8.79. The van der Waals surface area contributed by atoms with Gasteiger partial charge in [-0.1, -0.05) is 23.7 Å². The Balaban J connectivity index is 1.01. The molecule has 0 unspecified atom stereocenters. The van der Waals surface area contributed by atoms with E-state index in [0.717, 1.165) is 78.6 Å². The summed E-state index contributed by atoms with van der Waals surface area (Å²) >= 11 is 12.4. The Kier molecular flexibility index (Phi) is 7.76. The average molecular weight is 621 g/mol. The molecule has 1 aliphatic heterocycles. The Morgan fingerprint density at radius 2 is 1.86 bits per heavy atom. The van der Waals surface area contributed by atoms with Crippen molar-refractivity contribution >= 4 is 51.2 Å². The van der Waals surface area contributed by atoms with Crippen LogP contribution in [-0.2, 0) is 24.3 Å². The zero-order valence-electron chi connectivity index (χ0n) is 23.5. The van der Waals surface area contributed by atoms with E-state index in [1.807, 2.05) is 30.3 Å². The number of fused-ring (bicyclic) bond motifs is 2. The lowest BCUT2D eigenvalue weighted by Gasteiger charge is -2.30. The number of imidazole rings is 1. The molecule has 8 nitrogen and oxygen atoms in total. The SMILES string of the molecule is O=C(O)c1ccc2nc(CC3CCC(c4cccc(OCc5ccc(Cl)c6cc(Cl)oc56)n4)CC3)n(C[C@@H]3CCO3)c2c1. The van der Waals surface area contributed by atoms with Gasteiger partial charge < -0.3 is 23.6 Å². The van der Waals surface area contributed by atoms with Gasteiger partial charge in [0, 0.05) is 47.7 Å². The van der Waals surface area contributed by atoms with E-state index in [0.29, 0.717) is 41.5 Å². The van der Waals surface area contributed by atoms with E-state index in [-0.39, 0.29) is 16.9 Å². The topological polar surface area (TPSA) is 99.6 Å². The Labute approximate surface area is 258 Å². The molecule has 222 valence electrons. The first-order valence-electron chi connectivity index (χ1n) is 14.7. The minimum Gasteiger partial charge on any atom is -0.478 e. The number of nitrogens with zero attached hydrogens (tertiary/aromatic N) is 3. The van der Waals surface area contributed by atoms with Gasteiger partial charge in [-0.25, -0.2) is 14.8 Å². The number of carboxylic acids is 1. The highest BCUT2D eigenvalue weighted by atomic mass is 35.5. The number of carbonyl (C=O) groups is 1. The molecule has 1 atom stereocenters. The highest BCUT2D eigenvalue weighted by Crippen LogP contribution is 2.38. The molecule has 0 bridgehead atoms. The van der Waals surface area contributed by atoms with Crippen molar-refractivity contribution in [3.8, 4) is 5.88 Å². The van der Waals surface area contributed by atoms with Gasteiger partial charge in [0.2, 0.25) is 5.88 Å². The number of furan rings is 1. The van der Waals surface area contributed by atoms with Gasteiger partial charge in [0.15, 0.2) is 5.22 Å². The number of pyridine rings is 1. The van der Waals surface area contributed by atoms with Crippen molar-refractivity contribution in [2.24, 2.45) is 5.92 Å². The maximum Gasteiger partial charge on any atom is 0.335 e. The maximum atomic E-state index is 11.6. The van der Waals surface area contributed by atoms with Crippen LogP contribution in [0.4, 0.5) is 0 Å². The lowest BCUT2D eigenvalue weighted by Crippen LogP contribution is -2.32. The summed E-state index contributed by atoms with van der Waals surface area (Å²) in [4.78, 5) is 21.4. The number of benzene rings is 2. The molecule has 0 amide bonds. The summed E-state index contributed by atoms with van der Waals surface area (Å²) in [6.07, 6.45) is 6.26. The summed E-state index contributed by atoms with van der Waals surface area (Å²) < 4.78 is 19.6. The molecule has 0 radical (unpaired) electrons. The monoisotopic (exact) mass is 619 g/mol. The summed E-state index contributed by atoms with van der Waals surface area (Å²) in [5.74, 6) is 1.53. The normalized spacial score (nSPS) is 20.4. The molecule has 2 fully saturated rings. The lowest BCUT2D eigenvalue weighted by molar-refractivity contribution is -0.0590. The molecule has 7 rings (SSSR count). The van der Waals surface area contributed by atoms with Crippen LogP contribution >= 0.6 is 23.2 Å². The summed E-state index contributed by atoms with van der Waals surface area (Å²) in [5, 5.41) is 11.2. The molecule has 0 spiro atoms. The van der Waals surface area contributed by atoms with Gasteiger partial charge in [-0.2, -0.15) is 0 Å². The molecule has 1 saturated carbocycles. The van der Waals surface area contributed by atoms with Crippen LogP contribution in [0.3, 0.4) is 0 Å². The number of rotatable bonds is 9. The fourth-order valence-electron chi connectivity index (χ4n) is 6.34. The first-order chi connectivity index (χ1) is 20.9. The predicted molar refractivity (Wildman–Crippen MR) is 164 cm³/mol. The van der Waals surface area contributed by atoms with E-state index in [4.69, 9.17) is 47.1 Å². The predicted octanol–water partition coefficient (Wildman–Crippen LogP) is 8.07. The first-order valence-corrected chi connectivity index (χ1v) is 15.5. The summed E-state index contributed by atoms with van der Waals surface area (Å²) in [6, 6.07) is 16.6. The minimum absolute atomic E-state index is 0.156. The summed E-state index contributed by atoms with van der Waals surface area (Å²) in [5.41, 5.74) is 4.52. The number of halogens is 2. The smallest absolute Gasteiger partial charge is 0.335 e. The zero-order valence-corrected chi connectivity index (χ0v) is 25.0. The van der Waals surface area contributed by atoms with Crippen LogP contribution in [0, 0.1) is 5.92 Å². The number of hydrogen-bond donors (Lipinski definition) is 1. The van der Waals surface area contributed by atoms with Crippen LogP contribution in [0.5, 0.6) is 5.88 Å². The van der Waals surface area contributed by atoms with Gasteiger partial charge >= 0.3 is 5.97 Å². The molecule has 4 heterocycles. The Hall–Kier alpha value is -3.59. The lowest BCUT2D eigenvalue weighted by atomic mass is 9.79. The van der Waals surface area contributed by atoms with Crippen LogP contribution in [-0.4, -0.2) is 38.3 Å². The second-order valence-corrected chi connectivity index (χ2v) is 12.3. The van der Waals surface area contributed by atoms with Gasteiger partial charge in [0.1, 0.15) is 18.0 Å². The third-order valence-corrected chi connectivity index (χ3v) is 9.31. The molecule has 5 aromatic rings. The number of ether oxygens (including phenoxy) is 2. The second kappa shape index (κ2) is 11.8. The van der Waals surface area contributed by atoms with E-state index in [2.05, 4.69) is 10.6 Å². The molecular weight excluding hydrogens is 589 g/mol. The van der Waals surface area contributed by atoms with Crippen molar-refractivity contribution < 1.29 is 23.8 Å². The number of aromatic carboxylic acids is 1. The standard InChI is InChI=1S/C33H31Cl2N3O5/c34-25-10-8-22(32-24(25)16-29(35)43-32)18-42-31-3-1-2-26(37-31)20-6-4-19(5-7-20)14-30-36-27-11-9-21(33(39)40)15-28(27)38(30)17-23-12-13-41-23/h1-3,8-11,15-16,19-20,23H,4-7,12-14,17-18H2,(H,39,40)/t19?,20?,23-/m0/s1. The van der Waals surface area contributed by atoms with Crippen LogP contribution in [0.15, 0.2) is 59.0 Å². The zero-order chi connectivity index (χ0) is 29.5. The van der Waals surface area contributed by atoms with Crippen molar-refractivity contribution in [3.05, 3.63) is 87.5 Å². The van der Waals surface area contributed by atoms with E-state index in [1.54, 1.807) is 18.2 Å². The molecular formula is C33H31Cl2N3O5. The highest BCUT2D eigenvalue weighted by Gasteiger charge is 2.27. The largest absolute Gasteiger partial charge is 0.478 e. The third kappa shape index (κ3) is 5.84. The van der Waals surface area contributed by atoms with Gasteiger partial charge in [-0.3, -0.25) is 0 Å². The van der Waals surface area contributed by atoms with Crippen molar-refractivity contribution in [2.45, 2.75) is 63.7 Å². The molecule has 10 heteroatoms. The van der Waals surface area contributed by atoms with E-state index in [9.17, 15) is 9.90 Å². The highest BCUT2D eigenvalue weighted by molar-refractivity contribution is 6.36. The quantitative estimate of drug-likeness (QED) is 0.178. The fourth-order valence-corrected chi connectivity index (χ4v) is 6.73. The second-order valence-electron chi connectivity index (χ2n) is 11.5. The molecule has 1 saturated heterocycles. The Bertz CT molecular complexity index is 1800. The molecule has 2 aliphatic rings. The van der Waals surface area contributed by atoms with Crippen molar-refractivity contribution in [3.63, 3.8) is 0 Å². The van der Waals surface area contributed by atoms with E-state index in [1.165, 1.54) is 0 Å². The molecule has 1 aliphatic carbocycles. The number of aromatic nitrogens is 3. The first kappa shape index (κ1) is 28.2. The van der Waals surface area contributed by atoms with E-state index >= 15 is 0 Å². The van der Waals surface area contributed by atoms with Crippen molar-refractivity contribution in [2.75, 3.05) is 6.61 Å². The van der Waals surface area contributed by atoms with Gasteiger partial charge in [0.05, 0.1) is 34.3 Å². The maximum absolute atomic E-state index is 11.6. The van der Waals surface area contributed by atoms with Gasteiger partial charge in [-0.05, 0) is 80.0 Å². The van der Waals surface area contributed by atoms with Crippen molar-refractivity contribution in [1.29, 1.82) is 0 Å². The fraction of sp³-hybridized carbons (Fsp3) is 0.364. The van der Waals surface area contributed by atoms with E-state index < -0.39 is 5.97 Å². The number of carboxylic acid groups (broad SMARTS) is 1. The Morgan fingerprint density at radius 3 is 2.63 bits per heavy atom. The van der Waals surface area contributed by atoms with Crippen molar-refractivity contribution in [1.82, 2.24) is 14.5 Å². The number of hydrogen-bond acceptors (Lipinski definition) is 6. The Morgan fingerprint density at radius 1 is 1.02 bits per heavy atom. The van der Waals surface area contributed by atoms with Crippen LogP contribution < -0.4 is 4.74 Å². The molecule has 1 N–H and O–H groups in total. The molecule has 43 heavy (non-hydrogen) atoms. The summed E-state index contributed by atoms with van der Waals surface area (Å²) in [6.45, 7) is 1.78. The van der Waals surface area contributed by atoms with Crippen LogP contribution in [0.2, 0.25) is 10.2 Å². The average Bonchev–Trinajstić information content (AvgIpc) is 3.55. The molecule has 2 aromatic carbocycles. The van der Waals surface area contributed by atoms with Gasteiger partial charge in [-0.15, -0.1) is 0 Å².